The molecular formula is C24H27FN4O3. The largest absolute Gasteiger partial charge is 0.339 e. The van der Waals surface area contributed by atoms with Crippen LogP contribution in [0.5, 0.6) is 0 Å². The fraction of sp³-hybridized carbons (Fsp3) is 0.417. The number of likely N-dealkylation sites (tertiary alicyclic amines) is 1. The summed E-state index contributed by atoms with van der Waals surface area (Å²) in [4.78, 5) is 47.9. The fourth-order valence-electron chi connectivity index (χ4n) is 4.34. The van der Waals surface area contributed by atoms with Gasteiger partial charge in [0.25, 0.3) is 5.91 Å². The molecule has 32 heavy (non-hydrogen) atoms. The quantitative estimate of drug-likeness (QED) is 0.732. The lowest BCUT2D eigenvalue weighted by atomic mass is 9.95. The molecule has 2 fully saturated rings. The van der Waals surface area contributed by atoms with E-state index >= 15 is 0 Å². The van der Waals surface area contributed by atoms with Gasteiger partial charge >= 0.3 is 0 Å². The monoisotopic (exact) mass is 438 g/mol. The van der Waals surface area contributed by atoms with E-state index in [4.69, 9.17) is 0 Å². The highest BCUT2D eigenvalue weighted by molar-refractivity contribution is 5.94. The number of nitrogens with zero attached hydrogens (tertiary/aromatic N) is 4. The summed E-state index contributed by atoms with van der Waals surface area (Å²) in [7, 11) is 0. The van der Waals surface area contributed by atoms with Gasteiger partial charge in [0.05, 0.1) is 12.3 Å². The van der Waals surface area contributed by atoms with Crippen molar-refractivity contribution in [1.82, 2.24) is 19.7 Å². The van der Waals surface area contributed by atoms with Gasteiger partial charge in [-0.2, -0.15) is 0 Å². The van der Waals surface area contributed by atoms with Gasteiger partial charge in [0.1, 0.15) is 5.82 Å². The number of rotatable bonds is 4. The summed E-state index contributed by atoms with van der Waals surface area (Å²) in [5.41, 5.74) is 1.17. The van der Waals surface area contributed by atoms with Gasteiger partial charge in [-0.15, -0.1) is 0 Å². The molecule has 3 heterocycles. The number of aromatic nitrogens is 1. The Bertz CT molecular complexity index is 959. The van der Waals surface area contributed by atoms with E-state index in [0.717, 1.165) is 18.5 Å². The molecule has 2 aromatic rings. The zero-order valence-electron chi connectivity index (χ0n) is 18.0. The molecule has 0 saturated carbocycles. The van der Waals surface area contributed by atoms with E-state index in [1.807, 2.05) is 18.2 Å². The van der Waals surface area contributed by atoms with Crippen LogP contribution in [0.2, 0.25) is 0 Å². The number of amides is 3. The van der Waals surface area contributed by atoms with Crippen LogP contribution in [-0.4, -0.2) is 76.7 Å². The molecule has 2 aliphatic rings. The van der Waals surface area contributed by atoms with Gasteiger partial charge in [0.2, 0.25) is 11.8 Å². The minimum absolute atomic E-state index is 0.0181. The Morgan fingerprint density at radius 3 is 2.31 bits per heavy atom. The van der Waals surface area contributed by atoms with E-state index in [2.05, 4.69) is 4.98 Å². The maximum absolute atomic E-state index is 13.2. The summed E-state index contributed by atoms with van der Waals surface area (Å²) in [5.74, 6) is -0.745. The molecule has 8 heteroatoms. The van der Waals surface area contributed by atoms with Crippen molar-refractivity contribution in [2.45, 2.75) is 19.3 Å². The summed E-state index contributed by atoms with van der Waals surface area (Å²) in [6.07, 6.45) is 3.43. The minimum atomic E-state index is -0.383. The number of benzene rings is 1. The Morgan fingerprint density at radius 1 is 0.906 bits per heavy atom. The average molecular weight is 439 g/mol. The third-order valence-corrected chi connectivity index (χ3v) is 6.15. The van der Waals surface area contributed by atoms with E-state index < -0.39 is 0 Å². The molecule has 7 nitrogen and oxygen atoms in total. The van der Waals surface area contributed by atoms with Gasteiger partial charge in [-0.1, -0.05) is 6.07 Å². The molecule has 2 aliphatic heterocycles. The summed E-state index contributed by atoms with van der Waals surface area (Å²) < 4.78 is 13.2. The zero-order chi connectivity index (χ0) is 22.5. The second-order valence-corrected chi connectivity index (χ2v) is 8.30. The van der Waals surface area contributed by atoms with Crippen LogP contribution in [-0.2, 0) is 16.0 Å². The van der Waals surface area contributed by atoms with Gasteiger partial charge in [0, 0.05) is 56.7 Å². The van der Waals surface area contributed by atoms with E-state index in [9.17, 15) is 18.8 Å². The predicted molar refractivity (Wildman–Crippen MR) is 116 cm³/mol. The lowest BCUT2D eigenvalue weighted by molar-refractivity contribution is -0.142. The van der Waals surface area contributed by atoms with Crippen molar-refractivity contribution in [3.05, 3.63) is 65.7 Å². The minimum Gasteiger partial charge on any atom is -0.339 e. The molecule has 0 bridgehead atoms. The molecule has 0 N–H and O–H groups in total. The van der Waals surface area contributed by atoms with Gasteiger partial charge in [-0.3, -0.25) is 19.4 Å². The summed E-state index contributed by atoms with van der Waals surface area (Å²) in [6, 6.07) is 11.0. The second kappa shape index (κ2) is 9.89. The molecule has 1 unspecified atom stereocenters. The molecule has 3 amide bonds. The Kier molecular flexibility index (Phi) is 6.78. The average Bonchev–Trinajstić information content (AvgIpc) is 2.84. The number of hydrogen-bond donors (Lipinski definition) is 0. The highest BCUT2D eigenvalue weighted by atomic mass is 19.1. The van der Waals surface area contributed by atoms with Crippen molar-refractivity contribution in [1.29, 1.82) is 0 Å². The molecular weight excluding hydrogens is 411 g/mol. The normalized spacial score (nSPS) is 19.0. The highest BCUT2D eigenvalue weighted by Crippen LogP contribution is 2.22. The Labute approximate surface area is 186 Å². The number of piperazine rings is 1. The van der Waals surface area contributed by atoms with Crippen LogP contribution in [0.3, 0.4) is 0 Å². The number of carbonyl (C=O) groups is 3. The van der Waals surface area contributed by atoms with Crippen molar-refractivity contribution in [2.75, 3.05) is 39.3 Å². The molecule has 2 saturated heterocycles. The molecule has 4 rings (SSSR count). The molecule has 168 valence electrons. The van der Waals surface area contributed by atoms with Gasteiger partial charge < -0.3 is 14.7 Å². The van der Waals surface area contributed by atoms with Gasteiger partial charge in [-0.05, 0) is 49.2 Å². The third-order valence-electron chi connectivity index (χ3n) is 6.15. The van der Waals surface area contributed by atoms with Crippen LogP contribution in [0.1, 0.15) is 28.9 Å². The summed E-state index contributed by atoms with van der Waals surface area (Å²) in [6.45, 7) is 2.96. The first kappa shape index (κ1) is 21.9. The number of pyridine rings is 1. The number of halogens is 1. The van der Waals surface area contributed by atoms with E-state index in [-0.39, 0.29) is 35.9 Å². The number of carbonyl (C=O) groups excluding carboxylic acids is 3. The van der Waals surface area contributed by atoms with Gasteiger partial charge in [-0.25, -0.2) is 4.39 Å². The lowest BCUT2D eigenvalue weighted by Crippen LogP contribution is -2.54. The molecule has 0 radical (unpaired) electrons. The van der Waals surface area contributed by atoms with E-state index in [0.29, 0.717) is 44.8 Å². The van der Waals surface area contributed by atoms with Gasteiger partial charge in [0.15, 0.2) is 0 Å². The van der Waals surface area contributed by atoms with Crippen LogP contribution < -0.4 is 0 Å². The zero-order valence-corrected chi connectivity index (χ0v) is 18.0. The maximum atomic E-state index is 13.2. The van der Waals surface area contributed by atoms with Crippen LogP contribution in [0.25, 0.3) is 0 Å². The smallest absolute Gasteiger partial charge is 0.253 e. The number of hydrogen-bond acceptors (Lipinski definition) is 4. The van der Waals surface area contributed by atoms with Crippen LogP contribution in [0.15, 0.2) is 48.7 Å². The van der Waals surface area contributed by atoms with Crippen molar-refractivity contribution in [3.63, 3.8) is 0 Å². The molecule has 0 spiro atoms. The first-order valence-corrected chi connectivity index (χ1v) is 11.0. The first-order chi connectivity index (χ1) is 15.5. The van der Waals surface area contributed by atoms with Crippen molar-refractivity contribution in [3.8, 4) is 0 Å². The number of piperidine rings is 1. The molecule has 0 aliphatic carbocycles. The SMILES string of the molecule is O=C(Cc1ccccn1)N1CCN(C(=O)C2CCCN(C(=O)c3ccc(F)cc3)C2)CC1. The second-order valence-electron chi connectivity index (χ2n) is 8.30. The molecule has 1 atom stereocenters. The topological polar surface area (TPSA) is 73.8 Å². The first-order valence-electron chi connectivity index (χ1n) is 11.0. The Balaban J connectivity index is 1.29. The predicted octanol–water partition coefficient (Wildman–Crippen LogP) is 1.99. The third kappa shape index (κ3) is 5.12. The fourth-order valence-corrected chi connectivity index (χ4v) is 4.34. The Hall–Kier alpha value is -3.29. The van der Waals surface area contributed by atoms with Crippen LogP contribution >= 0.6 is 0 Å². The van der Waals surface area contributed by atoms with Crippen LogP contribution in [0, 0.1) is 11.7 Å². The van der Waals surface area contributed by atoms with E-state index in [1.165, 1.54) is 24.3 Å². The van der Waals surface area contributed by atoms with E-state index in [1.54, 1.807) is 20.9 Å². The van der Waals surface area contributed by atoms with Crippen molar-refractivity contribution < 1.29 is 18.8 Å². The van der Waals surface area contributed by atoms with Crippen molar-refractivity contribution >= 4 is 17.7 Å². The maximum Gasteiger partial charge on any atom is 0.253 e. The molecule has 1 aromatic carbocycles. The van der Waals surface area contributed by atoms with Crippen molar-refractivity contribution in [2.24, 2.45) is 5.92 Å². The van der Waals surface area contributed by atoms with Crippen LogP contribution in [0.4, 0.5) is 4.39 Å². The Morgan fingerprint density at radius 2 is 1.62 bits per heavy atom. The highest BCUT2D eigenvalue weighted by Gasteiger charge is 2.33. The lowest BCUT2D eigenvalue weighted by Gasteiger charge is -2.39. The standard InChI is InChI=1S/C24H27FN4O3/c25-20-8-6-18(7-9-20)23(31)29-11-3-4-19(17-29)24(32)28-14-12-27(13-15-28)22(30)16-21-5-1-2-10-26-21/h1-2,5-10,19H,3-4,11-17H2. The molecule has 1 aromatic heterocycles. The summed E-state index contributed by atoms with van der Waals surface area (Å²) >= 11 is 0. The summed E-state index contributed by atoms with van der Waals surface area (Å²) in [5, 5.41) is 0.